The number of hydrogen-bond acceptors (Lipinski definition) is 3. The van der Waals surface area contributed by atoms with E-state index in [9.17, 15) is 9.90 Å². The number of hydrogen-bond donors (Lipinski definition) is 2. The lowest BCUT2D eigenvalue weighted by Gasteiger charge is -2.25. The predicted molar refractivity (Wildman–Crippen MR) is 85.6 cm³/mol. The second kappa shape index (κ2) is 6.75. The SMILES string of the molecule is CC(C)(C)C(O)CNC(=O)c1ccc(Cn2cccn2)cc1. The Morgan fingerprint density at radius 1 is 1.32 bits per heavy atom. The number of aromatic nitrogens is 2. The molecule has 2 N–H and O–H groups in total. The topological polar surface area (TPSA) is 67.2 Å². The molecule has 1 amide bonds. The monoisotopic (exact) mass is 301 g/mol. The fourth-order valence-electron chi connectivity index (χ4n) is 1.94. The number of benzene rings is 1. The molecule has 0 radical (unpaired) electrons. The summed E-state index contributed by atoms with van der Waals surface area (Å²) < 4.78 is 1.83. The van der Waals surface area contributed by atoms with E-state index in [0.29, 0.717) is 12.1 Å². The molecule has 0 aliphatic heterocycles. The van der Waals surface area contributed by atoms with E-state index in [2.05, 4.69) is 10.4 Å². The lowest BCUT2D eigenvalue weighted by molar-refractivity contribution is 0.0587. The maximum absolute atomic E-state index is 12.1. The number of carbonyl (C=O) groups is 1. The highest BCUT2D eigenvalue weighted by molar-refractivity contribution is 5.94. The summed E-state index contributed by atoms with van der Waals surface area (Å²) in [6, 6.07) is 9.28. The summed E-state index contributed by atoms with van der Waals surface area (Å²) in [6.45, 7) is 6.74. The Morgan fingerprint density at radius 3 is 2.55 bits per heavy atom. The van der Waals surface area contributed by atoms with E-state index in [1.807, 2.05) is 49.8 Å². The Kier molecular flexibility index (Phi) is 4.98. The van der Waals surface area contributed by atoms with Gasteiger partial charge >= 0.3 is 0 Å². The number of aliphatic hydroxyl groups is 1. The lowest BCUT2D eigenvalue weighted by atomic mass is 9.89. The van der Waals surface area contributed by atoms with Crippen LogP contribution in [0, 0.1) is 5.41 Å². The van der Waals surface area contributed by atoms with E-state index < -0.39 is 6.10 Å². The van der Waals surface area contributed by atoms with Crippen molar-refractivity contribution in [3.8, 4) is 0 Å². The number of nitrogens with zero attached hydrogens (tertiary/aromatic N) is 2. The molecular weight excluding hydrogens is 278 g/mol. The summed E-state index contributed by atoms with van der Waals surface area (Å²) >= 11 is 0. The first-order valence-corrected chi connectivity index (χ1v) is 7.39. The van der Waals surface area contributed by atoms with E-state index in [1.165, 1.54) is 0 Å². The van der Waals surface area contributed by atoms with Crippen LogP contribution in [0.1, 0.15) is 36.7 Å². The van der Waals surface area contributed by atoms with Crippen molar-refractivity contribution >= 4 is 5.91 Å². The van der Waals surface area contributed by atoms with E-state index in [-0.39, 0.29) is 17.9 Å². The third-order valence-corrected chi connectivity index (χ3v) is 3.58. The van der Waals surface area contributed by atoms with Gasteiger partial charge in [-0.1, -0.05) is 32.9 Å². The number of nitrogens with one attached hydrogen (secondary N) is 1. The molecular formula is C17H23N3O2. The van der Waals surface area contributed by atoms with Gasteiger partial charge in [-0.15, -0.1) is 0 Å². The zero-order valence-electron chi connectivity index (χ0n) is 13.3. The van der Waals surface area contributed by atoms with Crippen LogP contribution in [0.3, 0.4) is 0 Å². The van der Waals surface area contributed by atoms with Gasteiger partial charge in [0.15, 0.2) is 0 Å². The van der Waals surface area contributed by atoms with Crippen LogP contribution in [0.15, 0.2) is 42.7 Å². The van der Waals surface area contributed by atoms with Crippen LogP contribution in [-0.4, -0.2) is 33.4 Å². The lowest BCUT2D eigenvalue weighted by Crippen LogP contribution is -2.39. The van der Waals surface area contributed by atoms with Crippen molar-refractivity contribution in [3.05, 3.63) is 53.9 Å². The Bertz CT molecular complexity index is 598. The van der Waals surface area contributed by atoms with E-state index in [4.69, 9.17) is 0 Å². The highest BCUT2D eigenvalue weighted by Gasteiger charge is 2.22. The Labute approximate surface area is 131 Å². The van der Waals surface area contributed by atoms with Gasteiger partial charge in [0.1, 0.15) is 0 Å². The molecule has 0 saturated carbocycles. The zero-order chi connectivity index (χ0) is 16.2. The number of amides is 1. The summed E-state index contributed by atoms with van der Waals surface area (Å²) in [7, 11) is 0. The molecule has 5 heteroatoms. The van der Waals surface area contributed by atoms with Gasteiger partial charge in [-0.05, 0) is 29.2 Å². The van der Waals surface area contributed by atoms with Crippen LogP contribution in [0.4, 0.5) is 0 Å². The van der Waals surface area contributed by atoms with Crippen LogP contribution >= 0.6 is 0 Å². The molecule has 0 saturated heterocycles. The average molecular weight is 301 g/mol. The quantitative estimate of drug-likeness (QED) is 0.888. The molecule has 1 aromatic carbocycles. The Balaban J connectivity index is 1.91. The highest BCUT2D eigenvalue weighted by atomic mass is 16.3. The maximum Gasteiger partial charge on any atom is 0.251 e. The van der Waals surface area contributed by atoms with Crippen molar-refractivity contribution in [2.45, 2.75) is 33.4 Å². The standard InChI is InChI=1S/C17H23N3O2/c1-17(2,3)15(21)11-18-16(22)14-7-5-13(6-8-14)12-20-10-4-9-19-20/h4-10,15,21H,11-12H2,1-3H3,(H,18,22). The molecule has 118 valence electrons. The second-order valence-electron chi connectivity index (χ2n) is 6.49. The zero-order valence-corrected chi connectivity index (χ0v) is 13.3. The van der Waals surface area contributed by atoms with Crippen molar-refractivity contribution in [2.24, 2.45) is 5.41 Å². The van der Waals surface area contributed by atoms with Crippen molar-refractivity contribution in [1.82, 2.24) is 15.1 Å². The van der Waals surface area contributed by atoms with Gasteiger partial charge in [-0.2, -0.15) is 5.10 Å². The van der Waals surface area contributed by atoms with Gasteiger partial charge in [0.25, 0.3) is 5.91 Å². The van der Waals surface area contributed by atoms with E-state index in [1.54, 1.807) is 18.3 Å². The van der Waals surface area contributed by atoms with Crippen LogP contribution in [0.5, 0.6) is 0 Å². The number of aliphatic hydroxyl groups excluding tert-OH is 1. The molecule has 2 rings (SSSR count). The summed E-state index contributed by atoms with van der Waals surface area (Å²) in [6.07, 6.45) is 3.06. The number of carbonyl (C=O) groups excluding carboxylic acids is 1. The molecule has 0 fully saturated rings. The molecule has 1 unspecified atom stereocenters. The third kappa shape index (κ3) is 4.43. The number of rotatable bonds is 5. The fourth-order valence-corrected chi connectivity index (χ4v) is 1.94. The smallest absolute Gasteiger partial charge is 0.251 e. The molecule has 1 atom stereocenters. The molecule has 1 heterocycles. The molecule has 22 heavy (non-hydrogen) atoms. The Hall–Kier alpha value is -2.14. The van der Waals surface area contributed by atoms with Crippen molar-refractivity contribution in [1.29, 1.82) is 0 Å². The molecule has 0 aliphatic rings. The van der Waals surface area contributed by atoms with Crippen molar-refractivity contribution in [3.63, 3.8) is 0 Å². The first-order valence-electron chi connectivity index (χ1n) is 7.39. The minimum Gasteiger partial charge on any atom is -0.391 e. The molecule has 2 aromatic rings. The second-order valence-corrected chi connectivity index (χ2v) is 6.49. The first-order chi connectivity index (χ1) is 10.4. The minimum absolute atomic E-state index is 0.172. The summed E-state index contributed by atoms with van der Waals surface area (Å²) in [5, 5.41) is 16.9. The van der Waals surface area contributed by atoms with Gasteiger partial charge in [0.05, 0.1) is 12.6 Å². The summed E-state index contributed by atoms with van der Waals surface area (Å²) in [4.78, 5) is 12.1. The molecule has 0 bridgehead atoms. The third-order valence-electron chi connectivity index (χ3n) is 3.58. The first kappa shape index (κ1) is 16.2. The minimum atomic E-state index is -0.574. The predicted octanol–water partition coefficient (Wildman–Crippen LogP) is 2.07. The van der Waals surface area contributed by atoms with Gasteiger partial charge < -0.3 is 10.4 Å². The van der Waals surface area contributed by atoms with E-state index >= 15 is 0 Å². The van der Waals surface area contributed by atoms with Crippen LogP contribution < -0.4 is 5.32 Å². The Morgan fingerprint density at radius 2 is 2.00 bits per heavy atom. The molecule has 5 nitrogen and oxygen atoms in total. The van der Waals surface area contributed by atoms with Crippen LogP contribution in [0.2, 0.25) is 0 Å². The van der Waals surface area contributed by atoms with Crippen molar-refractivity contribution < 1.29 is 9.90 Å². The highest BCUT2D eigenvalue weighted by Crippen LogP contribution is 2.18. The normalized spacial score (nSPS) is 12.9. The molecule has 1 aromatic heterocycles. The van der Waals surface area contributed by atoms with E-state index in [0.717, 1.165) is 5.56 Å². The molecule has 0 aliphatic carbocycles. The maximum atomic E-state index is 12.1. The van der Waals surface area contributed by atoms with Gasteiger partial charge in [0, 0.05) is 24.5 Å². The largest absolute Gasteiger partial charge is 0.391 e. The van der Waals surface area contributed by atoms with Gasteiger partial charge in [-0.3, -0.25) is 9.48 Å². The fraction of sp³-hybridized carbons (Fsp3) is 0.412. The summed E-state index contributed by atoms with van der Waals surface area (Å²) in [5.74, 6) is -0.172. The average Bonchev–Trinajstić information content (AvgIpc) is 2.97. The van der Waals surface area contributed by atoms with Gasteiger partial charge in [-0.25, -0.2) is 0 Å². The van der Waals surface area contributed by atoms with Crippen LogP contribution in [0.25, 0.3) is 0 Å². The van der Waals surface area contributed by atoms with Crippen LogP contribution in [-0.2, 0) is 6.54 Å². The van der Waals surface area contributed by atoms with Gasteiger partial charge in [0.2, 0.25) is 0 Å². The summed E-state index contributed by atoms with van der Waals surface area (Å²) in [5.41, 5.74) is 1.42. The molecule has 0 spiro atoms. The van der Waals surface area contributed by atoms with Crippen molar-refractivity contribution in [2.75, 3.05) is 6.54 Å².